The molecule has 0 aliphatic rings. The Kier molecular flexibility index (Phi) is 6.21. The zero-order valence-corrected chi connectivity index (χ0v) is 12.1. The topological polar surface area (TPSA) is 57.6 Å². The lowest BCUT2D eigenvalue weighted by atomic mass is 10.2. The molecule has 4 nitrogen and oxygen atoms in total. The van der Waals surface area contributed by atoms with Crippen LogP contribution in [0.2, 0.25) is 0 Å². The van der Waals surface area contributed by atoms with Crippen molar-refractivity contribution in [1.82, 2.24) is 4.90 Å². The number of carbonyl (C=O) groups excluding carboxylic acids is 1. The Morgan fingerprint density at radius 3 is 2.72 bits per heavy atom. The minimum absolute atomic E-state index is 0.121. The first kappa shape index (κ1) is 15.0. The molecule has 0 saturated carbocycles. The molecule has 0 saturated heterocycles. The lowest BCUT2D eigenvalue weighted by molar-refractivity contribution is -0.143. The van der Waals surface area contributed by atoms with Crippen LogP contribution in [0.3, 0.4) is 0 Å². The van der Waals surface area contributed by atoms with Crippen LogP contribution in [0.1, 0.15) is 13.8 Å². The average Bonchev–Trinajstić information content (AvgIpc) is 2.76. The van der Waals surface area contributed by atoms with E-state index in [4.69, 9.17) is 5.11 Å². The fourth-order valence-electron chi connectivity index (χ4n) is 1.43. The number of hydrogen-bond acceptors (Lipinski definition) is 4. The Balaban J connectivity index is 2.50. The smallest absolute Gasteiger partial charge is 0.323 e. The van der Waals surface area contributed by atoms with E-state index in [1.807, 2.05) is 31.4 Å². The van der Waals surface area contributed by atoms with E-state index in [0.717, 1.165) is 4.21 Å². The molecule has 0 aliphatic heterocycles. The number of hydrogen-bond donors (Lipinski definition) is 1. The minimum atomic E-state index is -0.967. The van der Waals surface area contributed by atoms with Gasteiger partial charge >= 0.3 is 5.97 Å². The van der Waals surface area contributed by atoms with Crippen LogP contribution in [0.15, 0.2) is 21.7 Å². The summed E-state index contributed by atoms with van der Waals surface area (Å²) >= 11 is 3.03. The van der Waals surface area contributed by atoms with Gasteiger partial charge in [-0.15, -0.1) is 23.1 Å². The summed E-state index contributed by atoms with van der Waals surface area (Å²) in [6.07, 6.45) is 0. The Labute approximate surface area is 115 Å². The second-order valence-electron chi connectivity index (χ2n) is 4.28. The van der Waals surface area contributed by atoms with Crippen molar-refractivity contribution in [2.24, 2.45) is 5.92 Å². The van der Waals surface area contributed by atoms with Crippen molar-refractivity contribution in [1.29, 1.82) is 0 Å². The van der Waals surface area contributed by atoms with Crippen molar-refractivity contribution < 1.29 is 14.7 Å². The van der Waals surface area contributed by atoms with E-state index in [1.165, 1.54) is 16.7 Å². The van der Waals surface area contributed by atoms with E-state index in [-0.39, 0.29) is 18.4 Å². The van der Waals surface area contributed by atoms with Gasteiger partial charge in [0.2, 0.25) is 5.91 Å². The Morgan fingerprint density at radius 2 is 2.22 bits per heavy atom. The number of thiophene rings is 1. The summed E-state index contributed by atoms with van der Waals surface area (Å²) in [5.41, 5.74) is 0. The van der Waals surface area contributed by atoms with Crippen molar-refractivity contribution in [2.75, 3.05) is 18.8 Å². The summed E-state index contributed by atoms with van der Waals surface area (Å²) in [6, 6.07) is 3.88. The number of carbonyl (C=O) groups is 2. The highest BCUT2D eigenvalue weighted by molar-refractivity contribution is 8.01. The van der Waals surface area contributed by atoms with E-state index in [2.05, 4.69) is 0 Å². The van der Waals surface area contributed by atoms with Crippen LogP contribution in [0.4, 0.5) is 0 Å². The predicted molar refractivity (Wildman–Crippen MR) is 74.1 cm³/mol. The number of amides is 1. The van der Waals surface area contributed by atoms with Crippen LogP contribution >= 0.6 is 23.1 Å². The first-order valence-corrected chi connectivity index (χ1v) is 7.51. The summed E-state index contributed by atoms with van der Waals surface area (Å²) in [4.78, 5) is 24.1. The molecular formula is C12H17NO3S2. The van der Waals surface area contributed by atoms with Gasteiger partial charge in [0.05, 0.1) is 9.96 Å². The van der Waals surface area contributed by atoms with Crippen molar-refractivity contribution in [3.63, 3.8) is 0 Å². The quantitative estimate of drug-likeness (QED) is 0.782. The number of nitrogens with zero attached hydrogens (tertiary/aromatic N) is 1. The van der Waals surface area contributed by atoms with E-state index in [0.29, 0.717) is 12.3 Å². The number of rotatable bonds is 7. The molecule has 0 atom stereocenters. The second-order valence-corrected chi connectivity index (χ2v) is 6.51. The average molecular weight is 287 g/mol. The zero-order valence-electron chi connectivity index (χ0n) is 10.5. The lowest BCUT2D eigenvalue weighted by Gasteiger charge is -2.22. The zero-order chi connectivity index (χ0) is 13.5. The molecule has 1 aromatic rings. The van der Waals surface area contributed by atoms with Gasteiger partial charge in [0.15, 0.2) is 0 Å². The van der Waals surface area contributed by atoms with Crippen molar-refractivity contribution in [2.45, 2.75) is 18.1 Å². The predicted octanol–water partition coefficient (Wildman–Crippen LogP) is 2.41. The highest BCUT2D eigenvalue weighted by atomic mass is 32.2. The molecule has 1 N–H and O–H groups in total. The van der Waals surface area contributed by atoms with Crippen LogP contribution in [-0.2, 0) is 9.59 Å². The van der Waals surface area contributed by atoms with E-state index in [9.17, 15) is 9.59 Å². The van der Waals surface area contributed by atoms with Gasteiger partial charge in [0.1, 0.15) is 6.54 Å². The van der Waals surface area contributed by atoms with Crippen LogP contribution in [0.5, 0.6) is 0 Å². The summed E-state index contributed by atoms with van der Waals surface area (Å²) in [5, 5.41) is 10.8. The molecule has 1 aromatic heterocycles. The first-order valence-electron chi connectivity index (χ1n) is 5.65. The highest BCUT2D eigenvalue weighted by Crippen LogP contribution is 2.23. The molecule has 0 unspecified atom stereocenters. The molecule has 0 fully saturated rings. The van der Waals surface area contributed by atoms with Gasteiger partial charge in [-0.1, -0.05) is 19.9 Å². The Bertz CT molecular complexity index is 390. The number of thioether (sulfide) groups is 1. The van der Waals surface area contributed by atoms with Gasteiger partial charge in [0.25, 0.3) is 0 Å². The molecule has 1 amide bonds. The number of aliphatic carboxylic acids is 1. The third-order valence-electron chi connectivity index (χ3n) is 2.10. The monoisotopic (exact) mass is 287 g/mol. The third kappa shape index (κ3) is 5.55. The first-order chi connectivity index (χ1) is 8.49. The normalized spacial score (nSPS) is 10.6. The molecule has 6 heteroatoms. The summed E-state index contributed by atoms with van der Waals surface area (Å²) < 4.78 is 1.07. The van der Waals surface area contributed by atoms with E-state index in [1.54, 1.807) is 11.3 Å². The van der Waals surface area contributed by atoms with Gasteiger partial charge in [-0.2, -0.15) is 0 Å². The molecule has 100 valence electrons. The molecule has 0 spiro atoms. The molecular weight excluding hydrogens is 270 g/mol. The maximum Gasteiger partial charge on any atom is 0.323 e. The van der Waals surface area contributed by atoms with Crippen LogP contribution in [-0.4, -0.2) is 40.7 Å². The fraction of sp³-hybridized carbons (Fsp3) is 0.500. The van der Waals surface area contributed by atoms with Gasteiger partial charge in [0, 0.05) is 6.54 Å². The molecule has 1 rings (SSSR count). The fourth-order valence-corrected chi connectivity index (χ4v) is 3.12. The largest absolute Gasteiger partial charge is 0.480 e. The summed E-state index contributed by atoms with van der Waals surface area (Å²) in [6.45, 7) is 4.20. The van der Waals surface area contributed by atoms with Crippen LogP contribution in [0, 0.1) is 5.92 Å². The van der Waals surface area contributed by atoms with Gasteiger partial charge in [-0.25, -0.2) is 0 Å². The third-order valence-corrected chi connectivity index (χ3v) is 4.21. The summed E-state index contributed by atoms with van der Waals surface area (Å²) in [5.74, 6) is -0.532. The maximum absolute atomic E-state index is 12.0. The lowest BCUT2D eigenvalue weighted by Crippen LogP contribution is -2.39. The van der Waals surface area contributed by atoms with E-state index < -0.39 is 5.97 Å². The van der Waals surface area contributed by atoms with Crippen LogP contribution < -0.4 is 0 Å². The van der Waals surface area contributed by atoms with E-state index >= 15 is 0 Å². The molecule has 0 aromatic carbocycles. The number of carboxylic acids is 1. The summed E-state index contributed by atoms with van der Waals surface area (Å²) in [7, 11) is 0. The standard InChI is InChI=1S/C12H17NO3S2/c1-9(2)6-13(7-11(15)16)10(14)8-18-12-4-3-5-17-12/h3-5,9H,6-8H2,1-2H3,(H,15,16). The molecule has 18 heavy (non-hydrogen) atoms. The van der Waals surface area contributed by atoms with Gasteiger partial charge in [-0.05, 0) is 17.4 Å². The SMILES string of the molecule is CC(C)CN(CC(=O)O)C(=O)CSc1cccs1. The Morgan fingerprint density at radius 1 is 1.50 bits per heavy atom. The maximum atomic E-state index is 12.0. The van der Waals surface area contributed by atoms with Crippen molar-refractivity contribution in [3.8, 4) is 0 Å². The van der Waals surface area contributed by atoms with Crippen molar-refractivity contribution >= 4 is 35.0 Å². The molecule has 0 bridgehead atoms. The second kappa shape index (κ2) is 7.43. The number of carboxylic acid groups (broad SMARTS) is 1. The Hall–Kier alpha value is -1.01. The molecule has 0 aliphatic carbocycles. The van der Waals surface area contributed by atoms with Crippen molar-refractivity contribution in [3.05, 3.63) is 17.5 Å². The van der Waals surface area contributed by atoms with Crippen LogP contribution in [0.25, 0.3) is 0 Å². The molecule has 0 radical (unpaired) electrons. The molecule has 1 heterocycles. The van der Waals surface area contributed by atoms with Gasteiger partial charge in [-0.3, -0.25) is 9.59 Å². The highest BCUT2D eigenvalue weighted by Gasteiger charge is 2.18. The minimum Gasteiger partial charge on any atom is -0.480 e. The van der Waals surface area contributed by atoms with Gasteiger partial charge < -0.3 is 10.0 Å².